The molecule has 1 amide bonds. The van der Waals surface area contributed by atoms with E-state index in [0.717, 1.165) is 38.2 Å². The zero-order valence-electron chi connectivity index (χ0n) is 14.3. The van der Waals surface area contributed by atoms with E-state index in [4.69, 9.17) is 9.57 Å². The molecule has 0 unspecified atom stereocenters. The Hall–Kier alpha value is -1.63. The summed E-state index contributed by atoms with van der Waals surface area (Å²) in [6.07, 6.45) is 0.961. The summed E-state index contributed by atoms with van der Waals surface area (Å²) in [4.78, 5) is 22.2. The van der Waals surface area contributed by atoms with E-state index in [1.54, 1.807) is 7.11 Å². The van der Waals surface area contributed by atoms with Gasteiger partial charge >= 0.3 is 0 Å². The molecule has 1 N–H and O–H groups in total. The minimum atomic E-state index is 0.0336. The Morgan fingerprint density at radius 3 is 2.65 bits per heavy atom. The highest BCUT2D eigenvalue weighted by molar-refractivity contribution is 5.97. The maximum atomic E-state index is 12.8. The average molecular weight is 321 g/mol. The van der Waals surface area contributed by atoms with Crippen LogP contribution in [0.5, 0.6) is 5.75 Å². The lowest BCUT2D eigenvalue weighted by Crippen LogP contribution is -2.47. The van der Waals surface area contributed by atoms with Crippen LogP contribution in [-0.4, -0.2) is 62.7 Å². The van der Waals surface area contributed by atoms with E-state index in [0.29, 0.717) is 24.5 Å². The molecule has 0 saturated carbocycles. The van der Waals surface area contributed by atoms with Crippen LogP contribution in [0.2, 0.25) is 0 Å². The number of carbonyl (C=O) groups excluding carboxylic acids is 1. The molecule has 23 heavy (non-hydrogen) atoms. The van der Waals surface area contributed by atoms with Crippen molar-refractivity contribution in [3.8, 4) is 5.75 Å². The third-order valence-corrected chi connectivity index (χ3v) is 3.97. The van der Waals surface area contributed by atoms with Gasteiger partial charge in [0.15, 0.2) is 0 Å². The maximum Gasteiger partial charge on any atom is 0.257 e. The summed E-state index contributed by atoms with van der Waals surface area (Å²) in [5.74, 6) is 0.651. The second kappa shape index (κ2) is 8.86. The summed E-state index contributed by atoms with van der Waals surface area (Å²) >= 11 is 0. The Morgan fingerprint density at radius 2 is 2.00 bits per heavy atom. The lowest BCUT2D eigenvalue weighted by Gasteiger charge is -2.32. The van der Waals surface area contributed by atoms with E-state index in [9.17, 15) is 4.79 Å². The number of rotatable bonds is 7. The molecule has 1 aromatic carbocycles. The number of hydrogen-bond donors (Lipinski definition) is 1. The molecule has 6 nitrogen and oxygen atoms in total. The van der Waals surface area contributed by atoms with Crippen molar-refractivity contribution < 1.29 is 14.4 Å². The van der Waals surface area contributed by atoms with E-state index in [2.05, 4.69) is 24.4 Å². The molecule has 0 aliphatic carbocycles. The van der Waals surface area contributed by atoms with Crippen LogP contribution in [-0.2, 0) is 11.4 Å². The summed E-state index contributed by atoms with van der Waals surface area (Å²) in [7, 11) is 3.67. The smallest absolute Gasteiger partial charge is 0.257 e. The van der Waals surface area contributed by atoms with Crippen molar-refractivity contribution in [3.63, 3.8) is 0 Å². The minimum absolute atomic E-state index is 0.0336. The van der Waals surface area contributed by atoms with Crippen molar-refractivity contribution in [3.05, 3.63) is 29.3 Å². The van der Waals surface area contributed by atoms with E-state index in [-0.39, 0.29) is 5.91 Å². The normalized spacial score (nSPS) is 15.7. The first-order chi connectivity index (χ1) is 11.2. The predicted molar refractivity (Wildman–Crippen MR) is 89.5 cm³/mol. The van der Waals surface area contributed by atoms with Crippen LogP contribution in [0.3, 0.4) is 0 Å². The van der Waals surface area contributed by atoms with Crippen LogP contribution in [0.4, 0.5) is 0 Å². The largest absolute Gasteiger partial charge is 0.496 e. The van der Waals surface area contributed by atoms with Gasteiger partial charge in [-0.2, -0.15) is 5.48 Å². The van der Waals surface area contributed by atoms with E-state index >= 15 is 0 Å². The second-order valence-electron chi connectivity index (χ2n) is 5.80. The number of hydroxylamine groups is 1. The predicted octanol–water partition coefficient (Wildman–Crippen LogP) is 1.51. The van der Waals surface area contributed by atoms with Crippen molar-refractivity contribution in [2.24, 2.45) is 0 Å². The van der Waals surface area contributed by atoms with Gasteiger partial charge in [0.1, 0.15) is 5.75 Å². The molecule has 0 spiro atoms. The maximum absolute atomic E-state index is 12.8. The zero-order chi connectivity index (χ0) is 16.7. The Labute approximate surface area is 138 Å². The number of methoxy groups -OCH3 is 1. The highest BCUT2D eigenvalue weighted by atomic mass is 16.6. The van der Waals surface area contributed by atoms with Gasteiger partial charge in [-0.1, -0.05) is 13.0 Å². The van der Waals surface area contributed by atoms with Crippen LogP contribution in [0.15, 0.2) is 18.2 Å². The van der Waals surface area contributed by atoms with Crippen LogP contribution in [0, 0.1) is 0 Å². The van der Waals surface area contributed by atoms with Gasteiger partial charge in [0.25, 0.3) is 5.91 Å². The lowest BCUT2D eigenvalue weighted by molar-refractivity contribution is 0.0370. The van der Waals surface area contributed by atoms with E-state index < -0.39 is 0 Å². The molecule has 1 heterocycles. The molecule has 128 valence electrons. The Morgan fingerprint density at radius 1 is 1.26 bits per heavy atom. The number of ether oxygens (including phenoxy) is 1. The number of hydrogen-bond acceptors (Lipinski definition) is 5. The Bertz CT molecular complexity index is 514. The van der Waals surface area contributed by atoms with Crippen LogP contribution >= 0.6 is 0 Å². The molecule has 1 aliphatic rings. The third-order valence-electron chi connectivity index (χ3n) is 3.97. The van der Waals surface area contributed by atoms with Crippen molar-refractivity contribution in [1.29, 1.82) is 0 Å². The monoisotopic (exact) mass is 321 g/mol. The molecule has 1 saturated heterocycles. The Balaban J connectivity index is 2.07. The fraction of sp³-hybridized carbons (Fsp3) is 0.588. The first-order valence-electron chi connectivity index (χ1n) is 8.15. The lowest BCUT2D eigenvalue weighted by atomic mass is 10.1. The first-order valence-corrected chi connectivity index (χ1v) is 8.15. The zero-order valence-corrected chi connectivity index (χ0v) is 14.3. The third kappa shape index (κ3) is 4.92. The molecule has 6 heteroatoms. The molecule has 1 fully saturated rings. The van der Waals surface area contributed by atoms with Gasteiger partial charge < -0.3 is 19.4 Å². The molecule has 0 aromatic heterocycles. The van der Waals surface area contributed by atoms with Crippen molar-refractivity contribution in [1.82, 2.24) is 15.3 Å². The number of piperazine rings is 1. The van der Waals surface area contributed by atoms with Gasteiger partial charge in [0.05, 0.1) is 19.3 Å². The second-order valence-corrected chi connectivity index (χ2v) is 5.80. The van der Waals surface area contributed by atoms with Crippen LogP contribution < -0.4 is 10.2 Å². The summed E-state index contributed by atoms with van der Waals surface area (Å²) in [6.45, 7) is 6.60. The standard InChI is InChI=1S/C17H27N3O3/c1-4-11-23-18-13-14-5-6-16(22-3)15(12-14)17(21)20-9-7-19(2)8-10-20/h5-6,12,18H,4,7-11,13H2,1-3H3. The fourth-order valence-corrected chi connectivity index (χ4v) is 2.52. The molecule has 1 aliphatic heterocycles. The topological polar surface area (TPSA) is 54.0 Å². The highest BCUT2D eigenvalue weighted by Gasteiger charge is 2.23. The fourth-order valence-electron chi connectivity index (χ4n) is 2.52. The average Bonchev–Trinajstić information content (AvgIpc) is 2.58. The van der Waals surface area contributed by atoms with Gasteiger partial charge in [-0.05, 0) is 31.2 Å². The number of benzene rings is 1. The summed E-state index contributed by atoms with van der Waals surface area (Å²) in [6, 6.07) is 5.68. The number of amides is 1. The van der Waals surface area contributed by atoms with E-state index in [1.165, 1.54) is 0 Å². The summed E-state index contributed by atoms with van der Waals surface area (Å²) < 4.78 is 5.37. The molecular formula is C17H27N3O3. The Kier molecular flexibility index (Phi) is 6.83. The van der Waals surface area contributed by atoms with Gasteiger partial charge in [-0.3, -0.25) is 4.79 Å². The SMILES string of the molecule is CCCONCc1ccc(OC)c(C(=O)N2CCN(C)CC2)c1. The van der Waals surface area contributed by atoms with Gasteiger partial charge in [-0.15, -0.1) is 0 Å². The molecule has 0 atom stereocenters. The minimum Gasteiger partial charge on any atom is -0.496 e. The van der Waals surface area contributed by atoms with Crippen LogP contribution in [0.25, 0.3) is 0 Å². The number of likely N-dealkylation sites (N-methyl/N-ethyl adjacent to an activating group) is 1. The number of carbonyl (C=O) groups is 1. The van der Waals surface area contributed by atoms with E-state index in [1.807, 2.05) is 23.1 Å². The highest BCUT2D eigenvalue weighted by Crippen LogP contribution is 2.22. The first kappa shape index (κ1) is 17.7. The molecule has 2 rings (SSSR count). The van der Waals surface area contributed by atoms with Crippen molar-refractivity contribution in [2.75, 3.05) is 46.9 Å². The molecule has 1 aromatic rings. The number of nitrogens with one attached hydrogen (secondary N) is 1. The molecule has 0 radical (unpaired) electrons. The van der Waals surface area contributed by atoms with Gasteiger partial charge in [0.2, 0.25) is 0 Å². The van der Waals surface area contributed by atoms with Gasteiger partial charge in [0, 0.05) is 32.7 Å². The quantitative estimate of drug-likeness (QED) is 0.609. The summed E-state index contributed by atoms with van der Waals surface area (Å²) in [5, 5.41) is 0. The van der Waals surface area contributed by atoms with Crippen molar-refractivity contribution in [2.45, 2.75) is 19.9 Å². The van der Waals surface area contributed by atoms with Gasteiger partial charge in [-0.25, -0.2) is 0 Å². The number of nitrogens with zero attached hydrogens (tertiary/aromatic N) is 2. The summed E-state index contributed by atoms with van der Waals surface area (Å²) in [5.41, 5.74) is 4.54. The van der Waals surface area contributed by atoms with Crippen LogP contribution in [0.1, 0.15) is 29.3 Å². The molecule has 0 bridgehead atoms. The molecular weight excluding hydrogens is 294 g/mol. The van der Waals surface area contributed by atoms with Crippen molar-refractivity contribution >= 4 is 5.91 Å².